The van der Waals surface area contributed by atoms with Gasteiger partial charge in [0.15, 0.2) is 0 Å². The quantitative estimate of drug-likeness (QED) is 0.411. The Bertz CT molecular complexity index is 511. The Hall–Kier alpha value is -2.97. The van der Waals surface area contributed by atoms with Crippen molar-refractivity contribution in [1.82, 2.24) is 0 Å². The fourth-order valence-corrected chi connectivity index (χ4v) is 1.84. The van der Waals surface area contributed by atoms with Crippen LogP contribution in [0.4, 0.5) is 0 Å². The Morgan fingerprint density at radius 3 is 0.905 bits per heavy atom. The predicted molar refractivity (Wildman–Crippen MR) is 65.5 cm³/mol. The molecule has 0 aliphatic heterocycles. The highest BCUT2D eigenvalue weighted by Crippen LogP contribution is 2.42. The van der Waals surface area contributed by atoms with Gasteiger partial charge in [-0.15, -0.1) is 0 Å². The molecule has 0 amide bonds. The van der Waals surface area contributed by atoms with Crippen LogP contribution < -0.4 is 0 Å². The molecule has 0 aliphatic rings. The number of phenolic OH excluding ortho intramolecular Hbond substituents is 3. The molecule has 1 rings (SSSR count). The molecule has 1 aromatic rings. The van der Waals surface area contributed by atoms with Crippen LogP contribution in [0.15, 0.2) is 0 Å². The van der Waals surface area contributed by atoms with Crippen LogP contribution in [-0.4, -0.2) is 48.5 Å². The average Bonchev–Trinajstić information content (AvgIpc) is 2.35. The number of rotatable bonds is 6. The van der Waals surface area contributed by atoms with Crippen molar-refractivity contribution in [3.63, 3.8) is 0 Å². The normalized spacial score (nSPS) is 10.3. The SMILES string of the molecule is O=C(O)Cc1c(O)c(CC(=O)O)c(O)c(CC(=O)O)c1O. The van der Waals surface area contributed by atoms with Gasteiger partial charge in [0.1, 0.15) is 17.2 Å². The Morgan fingerprint density at radius 2 is 0.762 bits per heavy atom. The summed E-state index contributed by atoms with van der Waals surface area (Å²) < 4.78 is 0. The number of carboxylic acid groups (broad SMARTS) is 3. The smallest absolute Gasteiger partial charge is 0.308 e. The molecular weight excluding hydrogens is 288 g/mol. The van der Waals surface area contributed by atoms with Crippen molar-refractivity contribution < 1.29 is 45.0 Å². The van der Waals surface area contributed by atoms with E-state index in [4.69, 9.17) is 15.3 Å². The highest BCUT2D eigenvalue weighted by Gasteiger charge is 2.26. The second kappa shape index (κ2) is 5.99. The lowest BCUT2D eigenvalue weighted by atomic mass is 9.95. The van der Waals surface area contributed by atoms with Crippen molar-refractivity contribution in [3.05, 3.63) is 16.7 Å². The Morgan fingerprint density at radius 1 is 0.571 bits per heavy atom. The molecule has 0 spiro atoms. The van der Waals surface area contributed by atoms with Crippen molar-refractivity contribution in [2.24, 2.45) is 0 Å². The number of aromatic hydroxyl groups is 3. The zero-order chi connectivity index (χ0) is 16.3. The van der Waals surface area contributed by atoms with E-state index < -0.39 is 71.1 Å². The van der Waals surface area contributed by atoms with Gasteiger partial charge in [-0.1, -0.05) is 0 Å². The van der Waals surface area contributed by atoms with E-state index >= 15 is 0 Å². The predicted octanol–water partition coefficient (Wildman–Crippen LogP) is -0.315. The molecule has 21 heavy (non-hydrogen) atoms. The first-order valence-electron chi connectivity index (χ1n) is 5.58. The van der Waals surface area contributed by atoms with Gasteiger partial charge in [0, 0.05) is 16.7 Å². The molecule has 1 aromatic carbocycles. The van der Waals surface area contributed by atoms with Crippen LogP contribution in [0.2, 0.25) is 0 Å². The number of phenols is 3. The van der Waals surface area contributed by atoms with E-state index in [1.807, 2.05) is 0 Å². The first-order chi connectivity index (χ1) is 9.65. The lowest BCUT2D eigenvalue weighted by molar-refractivity contribution is -0.137. The molecule has 0 saturated carbocycles. The van der Waals surface area contributed by atoms with E-state index in [-0.39, 0.29) is 0 Å². The van der Waals surface area contributed by atoms with E-state index in [2.05, 4.69) is 0 Å². The maximum absolute atomic E-state index is 10.7. The van der Waals surface area contributed by atoms with E-state index in [0.29, 0.717) is 0 Å². The Kier molecular flexibility index (Phi) is 4.59. The minimum absolute atomic E-state index is 0.548. The largest absolute Gasteiger partial charge is 0.507 e. The summed E-state index contributed by atoms with van der Waals surface area (Å²) in [6.45, 7) is 0. The molecule has 0 unspecified atom stereocenters. The molecule has 9 nitrogen and oxygen atoms in total. The molecule has 0 aromatic heterocycles. The number of carbonyl (C=O) groups is 3. The lowest BCUT2D eigenvalue weighted by Crippen LogP contribution is -2.09. The summed E-state index contributed by atoms with van der Waals surface area (Å²) in [5, 5.41) is 55.6. The third-order valence-electron chi connectivity index (χ3n) is 2.70. The highest BCUT2D eigenvalue weighted by atomic mass is 16.4. The summed E-state index contributed by atoms with van der Waals surface area (Å²) >= 11 is 0. The second-order valence-corrected chi connectivity index (χ2v) is 4.19. The molecule has 0 fully saturated rings. The van der Waals surface area contributed by atoms with Crippen LogP contribution in [0.1, 0.15) is 16.7 Å². The molecule has 6 N–H and O–H groups in total. The van der Waals surface area contributed by atoms with Gasteiger partial charge in [-0.05, 0) is 0 Å². The molecule has 0 aliphatic carbocycles. The number of aliphatic carboxylic acids is 3. The summed E-state index contributed by atoms with van der Waals surface area (Å²) in [5.74, 6) is -6.96. The summed E-state index contributed by atoms with van der Waals surface area (Å²) in [6.07, 6.45) is -2.59. The molecule has 0 bridgehead atoms. The van der Waals surface area contributed by atoms with Crippen LogP contribution in [0.3, 0.4) is 0 Å². The van der Waals surface area contributed by atoms with Crippen LogP contribution >= 0.6 is 0 Å². The van der Waals surface area contributed by atoms with Gasteiger partial charge in [0.05, 0.1) is 19.3 Å². The molecule has 0 saturated heterocycles. The van der Waals surface area contributed by atoms with Gasteiger partial charge in [-0.3, -0.25) is 14.4 Å². The third-order valence-corrected chi connectivity index (χ3v) is 2.70. The van der Waals surface area contributed by atoms with Crippen LogP contribution in [0, 0.1) is 0 Å². The third kappa shape index (κ3) is 3.53. The number of hydrogen-bond donors (Lipinski definition) is 6. The molecule has 0 radical (unpaired) electrons. The van der Waals surface area contributed by atoms with Gasteiger partial charge in [-0.2, -0.15) is 0 Å². The fourth-order valence-electron chi connectivity index (χ4n) is 1.84. The molecular formula is C12H12O9. The molecule has 0 heterocycles. The Labute approximate surface area is 117 Å². The number of hydrogen-bond acceptors (Lipinski definition) is 6. The van der Waals surface area contributed by atoms with Gasteiger partial charge >= 0.3 is 17.9 Å². The zero-order valence-electron chi connectivity index (χ0n) is 10.5. The fraction of sp³-hybridized carbons (Fsp3) is 0.250. The van der Waals surface area contributed by atoms with Crippen molar-refractivity contribution in [1.29, 1.82) is 0 Å². The van der Waals surface area contributed by atoms with Crippen molar-refractivity contribution in [2.45, 2.75) is 19.3 Å². The molecule has 114 valence electrons. The summed E-state index contributed by atoms with van der Waals surface area (Å²) in [5.41, 5.74) is -1.64. The maximum Gasteiger partial charge on any atom is 0.308 e. The number of benzene rings is 1. The van der Waals surface area contributed by atoms with Crippen molar-refractivity contribution >= 4 is 17.9 Å². The van der Waals surface area contributed by atoms with Crippen LogP contribution in [-0.2, 0) is 33.6 Å². The molecule has 0 atom stereocenters. The monoisotopic (exact) mass is 300 g/mol. The number of carboxylic acids is 3. The Balaban J connectivity index is 3.60. The van der Waals surface area contributed by atoms with Crippen LogP contribution in [0.5, 0.6) is 17.2 Å². The minimum atomic E-state index is -1.44. The zero-order valence-corrected chi connectivity index (χ0v) is 10.5. The van der Waals surface area contributed by atoms with Gasteiger partial charge < -0.3 is 30.6 Å². The van der Waals surface area contributed by atoms with E-state index in [1.54, 1.807) is 0 Å². The maximum atomic E-state index is 10.7. The van der Waals surface area contributed by atoms with E-state index in [9.17, 15) is 29.7 Å². The first-order valence-corrected chi connectivity index (χ1v) is 5.58. The minimum Gasteiger partial charge on any atom is -0.507 e. The average molecular weight is 300 g/mol. The summed E-state index contributed by atoms with van der Waals surface area (Å²) in [4.78, 5) is 32.1. The van der Waals surface area contributed by atoms with Crippen molar-refractivity contribution in [2.75, 3.05) is 0 Å². The van der Waals surface area contributed by atoms with Crippen molar-refractivity contribution in [3.8, 4) is 17.2 Å². The summed E-state index contributed by atoms with van der Waals surface area (Å²) in [7, 11) is 0. The summed E-state index contributed by atoms with van der Waals surface area (Å²) in [6, 6.07) is 0. The highest BCUT2D eigenvalue weighted by molar-refractivity contribution is 5.81. The lowest BCUT2D eigenvalue weighted by Gasteiger charge is -2.16. The first kappa shape index (κ1) is 16.1. The molecule has 9 heteroatoms. The second-order valence-electron chi connectivity index (χ2n) is 4.19. The van der Waals surface area contributed by atoms with Crippen LogP contribution in [0.25, 0.3) is 0 Å². The van der Waals surface area contributed by atoms with Gasteiger partial charge in [0.25, 0.3) is 0 Å². The van der Waals surface area contributed by atoms with Gasteiger partial charge in [-0.25, -0.2) is 0 Å². The van der Waals surface area contributed by atoms with E-state index in [1.165, 1.54) is 0 Å². The van der Waals surface area contributed by atoms with Gasteiger partial charge in [0.2, 0.25) is 0 Å². The topological polar surface area (TPSA) is 173 Å². The van der Waals surface area contributed by atoms with E-state index in [0.717, 1.165) is 0 Å². The standard InChI is InChI=1S/C12H12O9/c13-7(14)1-4-10(19)5(2-8(15)16)12(21)6(11(4)20)3-9(17)18/h19-21H,1-3H2,(H,13,14)(H,15,16)(H,17,18).